The molecule has 11 heavy (non-hydrogen) atoms. The summed E-state index contributed by atoms with van der Waals surface area (Å²) in [5, 5.41) is 0.480. The molecule has 0 saturated heterocycles. The van der Waals surface area contributed by atoms with E-state index in [0.29, 0.717) is 10.2 Å². The van der Waals surface area contributed by atoms with Crippen molar-refractivity contribution in [1.29, 1.82) is 0 Å². The number of alkyl halides is 4. The number of rotatable bonds is 1. The van der Waals surface area contributed by atoms with Crippen molar-refractivity contribution in [2.24, 2.45) is 0 Å². The molecule has 0 aromatic carbocycles. The highest BCUT2D eigenvalue weighted by Crippen LogP contribution is 2.34. The average Bonchev–Trinajstić information content (AvgIpc) is 2.32. The molecule has 0 nitrogen and oxygen atoms in total. The van der Waals surface area contributed by atoms with Crippen molar-refractivity contribution in [2.45, 2.75) is 11.5 Å². The summed E-state index contributed by atoms with van der Waals surface area (Å²) < 4.78 is 35.8. The highest BCUT2D eigenvalue weighted by molar-refractivity contribution is 9.08. The van der Waals surface area contributed by atoms with Crippen LogP contribution in [0.5, 0.6) is 0 Å². The lowest BCUT2D eigenvalue weighted by molar-refractivity contribution is -0.134. The van der Waals surface area contributed by atoms with Crippen LogP contribution in [0, 0.1) is 0 Å². The second kappa shape index (κ2) is 3.15. The molecule has 0 saturated carbocycles. The second-order valence-corrected chi connectivity index (χ2v) is 3.63. The summed E-state index contributed by atoms with van der Waals surface area (Å²) in [4.78, 5) is 0.157. The third-order valence-corrected chi connectivity index (χ3v) is 3.18. The van der Waals surface area contributed by atoms with Crippen LogP contribution in [0.4, 0.5) is 13.2 Å². The van der Waals surface area contributed by atoms with Crippen LogP contribution in [-0.2, 0) is 11.5 Å². The molecule has 0 radical (unpaired) electrons. The van der Waals surface area contributed by atoms with Crippen molar-refractivity contribution in [3.8, 4) is 0 Å². The van der Waals surface area contributed by atoms with Crippen molar-refractivity contribution in [3.05, 3.63) is 21.9 Å². The molecule has 1 aromatic heterocycles. The Hall–Kier alpha value is -0.0300. The van der Waals surface area contributed by atoms with Gasteiger partial charge in [-0.15, -0.1) is 11.3 Å². The zero-order valence-corrected chi connectivity index (χ0v) is 7.68. The van der Waals surface area contributed by atoms with Crippen LogP contribution in [0.2, 0.25) is 0 Å². The molecule has 0 aliphatic carbocycles. The molecule has 0 bridgehead atoms. The Morgan fingerprint density at radius 3 is 2.27 bits per heavy atom. The van der Waals surface area contributed by atoms with Gasteiger partial charge in [0.2, 0.25) is 0 Å². The number of hydrogen-bond acceptors (Lipinski definition) is 1. The van der Waals surface area contributed by atoms with E-state index in [-0.39, 0.29) is 0 Å². The van der Waals surface area contributed by atoms with Crippen LogP contribution in [0.1, 0.15) is 9.75 Å². The summed E-state index contributed by atoms with van der Waals surface area (Å²) >= 11 is 3.85. The van der Waals surface area contributed by atoms with Gasteiger partial charge in [-0.2, -0.15) is 13.2 Å². The molecule has 0 unspecified atom stereocenters. The van der Waals surface area contributed by atoms with E-state index in [1.165, 1.54) is 6.07 Å². The Bertz CT molecular complexity index is 240. The fourth-order valence-corrected chi connectivity index (χ4v) is 1.86. The van der Waals surface area contributed by atoms with E-state index in [4.69, 9.17) is 0 Å². The first kappa shape index (κ1) is 9.06. The average molecular weight is 245 g/mol. The molecular weight excluding hydrogens is 241 g/mol. The van der Waals surface area contributed by atoms with E-state index in [0.717, 1.165) is 17.4 Å². The van der Waals surface area contributed by atoms with Crippen LogP contribution >= 0.6 is 27.3 Å². The monoisotopic (exact) mass is 244 g/mol. The summed E-state index contributed by atoms with van der Waals surface area (Å²) in [6, 6.07) is 2.57. The fraction of sp³-hybridized carbons (Fsp3) is 0.333. The summed E-state index contributed by atoms with van der Waals surface area (Å²) in [5.74, 6) is 0. The van der Waals surface area contributed by atoms with E-state index in [9.17, 15) is 13.2 Å². The Morgan fingerprint density at radius 1 is 1.36 bits per heavy atom. The van der Waals surface area contributed by atoms with E-state index >= 15 is 0 Å². The topological polar surface area (TPSA) is 0 Å². The Morgan fingerprint density at radius 2 is 2.00 bits per heavy atom. The highest BCUT2D eigenvalue weighted by Gasteiger charge is 2.32. The Balaban J connectivity index is 2.89. The number of thiophene rings is 1. The van der Waals surface area contributed by atoms with E-state index in [1.54, 1.807) is 0 Å². The smallest absolute Gasteiger partial charge is 0.165 e. The van der Waals surface area contributed by atoms with E-state index in [2.05, 4.69) is 15.9 Å². The van der Waals surface area contributed by atoms with Gasteiger partial charge in [0.05, 0.1) is 0 Å². The molecule has 0 aliphatic rings. The normalized spacial score (nSPS) is 12.0. The zero-order chi connectivity index (χ0) is 8.48. The maximum Gasteiger partial charge on any atom is 0.425 e. The Labute approximate surface area is 74.2 Å². The van der Waals surface area contributed by atoms with Crippen molar-refractivity contribution in [1.82, 2.24) is 0 Å². The predicted octanol–water partition coefficient (Wildman–Crippen LogP) is 3.66. The second-order valence-electron chi connectivity index (χ2n) is 1.90. The summed E-state index contributed by atoms with van der Waals surface area (Å²) in [7, 11) is 0. The molecule has 1 heterocycles. The largest absolute Gasteiger partial charge is 0.425 e. The standard InChI is InChI=1S/C6H4BrF3S/c7-3-4-1-2-5(11-4)6(8,9)10/h1-2H,3H2. The van der Waals surface area contributed by atoms with Gasteiger partial charge >= 0.3 is 6.18 Å². The maximum absolute atomic E-state index is 11.9. The SMILES string of the molecule is FC(F)(F)c1ccc(CBr)s1. The summed E-state index contributed by atoms with van der Waals surface area (Å²) in [6.07, 6.45) is -4.19. The van der Waals surface area contributed by atoms with Gasteiger partial charge < -0.3 is 0 Å². The van der Waals surface area contributed by atoms with Gasteiger partial charge in [-0.1, -0.05) is 15.9 Å². The highest BCUT2D eigenvalue weighted by atomic mass is 79.9. The van der Waals surface area contributed by atoms with Gasteiger partial charge in [-0.05, 0) is 12.1 Å². The van der Waals surface area contributed by atoms with Gasteiger partial charge in [0.25, 0.3) is 0 Å². The Kier molecular flexibility index (Phi) is 2.59. The molecule has 0 spiro atoms. The van der Waals surface area contributed by atoms with Crippen molar-refractivity contribution in [2.75, 3.05) is 0 Å². The lowest BCUT2D eigenvalue weighted by Gasteiger charge is -2.00. The minimum absolute atomic E-state index is 0.480. The van der Waals surface area contributed by atoms with Gasteiger partial charge in [-0.3, -0.25) is 0 Å². The molecule has 0 aliphatic heterocycles. The van der Waals surface area contributed by atoms with Crippen LogP contribution in [0.15, 0.2) is 12.1 Å². The molecule has 0 N–H and O–H groups in total. The summed E-state index contributed by atoms with van der Waals surface area (Å²) in [6.45, 7) is 0. The molecule has 0 fully saturated rings. The maximum atomic E-state index is 11.9. The lowest BCUT2D eigenvalue weighted by Crippen LogP contribution is -2.00. The molecule has 62 valence electrons. The van der Waals surface area contributed by atoms with Gasteiger partial charge in [0, 0.05) is 10.2 Å². The van der Waals surface area contributed by atoms with Gasteiger partial charge in [-0.25, -0.2) is 0 Å². The van der Waals surface area contributed by atoms with Crippen LogP contribution < -0.4 is 0 Å². The lowest BCUT2D eigenvalue weighted by atomic mass is 10.4. The quantitative estimate of drug-likeness (QED) is 0.662. The molecular formula is C6H4BrF3S. The zero-order valence-electron chi connectivity index (χ0n) is 5.28. The molecule has 0 atom stereocenters. The fourth-order valence-electron chi connectivity index (χ4n) is 0.602. The van der Waals surface area contributed by atoms with E-state index < -0.39 is 11.1 Å². The van der Waals surface area contributed by atoms with Gasteiger partial charge in [0.1, 0.15) is 4.88 Å². The number of hydrogen-bond donors (Lipinski definition) is 0. The van der Waals surface area contributed by atoms with Crippen molar-refractivity contribution >= 4 is 27.3 Å². The number of halogens is 4. The molecule has 0 amide bonds. The van der Waals surface area contributed by atoms with Crippen LogP contribution in [0.3, 0.4) is 0 Å². The minimum Gasteiger partial charge on any atom is -0.165 e. The molecule has 1 rings (SSSR count). The van der Waals surface area contributed by atoms with E-state index in [1.807, 2.05) is 0 Å². The minimum atomic E-state index is -4.19. The summed E-state index contributed by atoms with van der Waals surface area (Å²) in [5.41, 5.74) is 0. The van der Waals surface area contributed by atoms with Gasteiger partial charge in [0.15, 0.2) is 0 Å². The van der Waals surface area contributed by atoms with Crippen molar-refractivity contribution in [3.63, 3.8) is 0 Å². The molecule has 5 heteroatoms. The third kappa shape index (κ3) is 2.20. The third-order valence-electron chi connectivity index (χ3n) is 1.07. The van der Waals surface area contributed by atoms with Crippen molar-refractivity contribution < 1.29 is 13.2 Å². The predicted molar refractivity (Wildman–Crippen MR) is 42.0 cm³/mol. The first-order valence-corrected chi connectivity index (χ1v) is 4.69. The first-order valence-electron chi connectivity index (χ1n) is 2.76. The first-order chi connectivity index (χ1) is 5.04. The van der Waals surface area contributed by atoms with Crippen LogP contribution in [-0.4, -0.2) is 0 Å². The van der Waals surface area contributed by atoms with Crippen LogP contribution in [0.25, 0.3) is 0 Å². The molecule has 1 aromatic rings.